The van der Waals surface area contributed by atoms with Crippen LogP contribution in [0.1, 0.15) is 20.8 Å². The fourth-order valence-electron chi connectivity index (χ4n) is 0.655. The molecule has 0 heterocycles. The van der Waals surface area contributed by atoms with Gasteiger partial charge in [-0.3, -0.25) is 10.1 Å². The summed E-state index contributed by atoms with van der Waals surface area (Å²) in [5.41, 5.74) is 4.62. The largest absolute Gasteiger partial charge is 0.444 e. The molecule has 1 unspecified atom stereocenters. The Morgan fingerprint density at radius 3 is 2.50 bits per heavy atom. The zero-order valence-electron chi connectivity index (χ0n) is 8.57. The lowest BCUT2D eigenvalue weighted by molar-refractivity contribution is -0.134. The molecule has 0 spiro atoms. The number of rotatable bonds is 4. The predicted molar refractivity (Wildman–Crippen MR) is 49.4 cm³/mol. The fourth-order valence-corrected chi connectivity index (χ4v) is 0.655. The van der Waals surface area contributed by atoms with Gasteiger partial charge in [-0.25, -0.2) is 4.79 Å². The average molecular weight is 204 g/mol. The molecular formula is C8H16N2O4. The van der Waals surface area contributed by atoms with Crippen LogP contribution >= 0.6 is 0 Å². The Balaban J connectivity index is 3.96. The number of alkyl carbamates (subject to hydrolysis) is 1. The van der Waals surface area contributed by atoms with E-state index in [2.05, 4.69) is 10.1 Å². The normalized spacial score (nSPS) is 12.9. The third kappa shape index (κ3) is 6.24. The maximum absolute atomic E-state index is 11.1. The molecule has 6 nitrogen and oxygen atoms in total. The van der Waals surface area contributed by atoms with Crippen molar-refractivity contribution < 1.29 is 19.1 Å². The molecule has 0 radical (unpaired) electrons. The molecule has 0 aliphatic rings. The lowest BCUT2D eigenvalue weighted by Crippen LogP contribution is -2.44. The first kappa shape index (κ1) is 12.7. The molecule has 0 aromatic carbocycles. The van der Waals surface area contributed by atoms with E-state index in [1.54, 1.807) is 20.8 Å². The van der Waals surface area contributed by atoms with Crippen LogP contribution in [-0.2, 0) is 14.3 Å². The Labute approximate surface area is 82.7 Å². The molecular weight excluding hydrogens is 188 g/mol. The number of ether oxygens (including phenoxy) is 2. The third-order valence-electron chi connectivity index (χ3n) is 1.11. The van der Waals surface area contributed by atoms with Gasteiger partial charge >= 0.3 is 6.09 Å². The summed E-state index contributed by atoms with van der Waals surface area (Å²) in [6, 6.07) is 0. The molecule has 82 valence electrons. The summed E-state index contributed by atoms with van der Waals surface area (Å²) >= 11 is 0. The van der Waals surface area contributed by atoms with Gasteiger partial charge in [0, 0.05) is 6.54 Å². The summed E-state index contributed by atoms with van der Waals surface area (Å²) in [5, 5.41) is 2.28. The molecule has 0 saturated heterocycles. The molecule has 0 rings (SSSR count). The number of carbonyl (C=O) groups excluding carboxylic acids is 2. The van der Waals surface area contributed by atoms with Crippen molar-refractivity contribution in [3.05, 3.63) is 0 Å². The van der Waals surface area contributed by atoms with Crippen molar-refractivity contribution in [3.8, 4) is 0 Å². The molecule has 6 heteroatoms. The van der Waals surface area contributed by atoms with Gasteiger partial charge in [0.15, 0.2) is 6.23 Å². The molecule has 1 atom stereocenters. The van der Waals surface area contributed by atoms with Gasteiger partial charge in [0.25, 0.3) is 6.47 Å². The summed E-state index contributed by atoms with van der Waals surface area (Å²) in [6.07, 6.45) is -1.52. The quantitative estimate of drug-likeness (QED) is 0.495. The van der Waals surface area contributed by atoms with Crippen molar-refractivity contribution in [2.75, 3.05) is 6.54 Å². The second-order valence-electron chi connectivity index (χ2n) is 3.60. The molecule has 0 aliphatic carbocycles. The molecule has 0 fully saturated rings. The van der Waals surface area contributed by atoms with E-state index in [1.807, 2.05) is 0 Å². The van der Waals surface area contributed by atoms with E-state index >= 15 is 0 Å². The highest BCUT2D eigenvalue weighted by atomic mass is 16.6. The molecule has 0 aromatic heterocycles. The Morgan fingerprint density at radius 1 is 1.57 bits per heavy atom. The number of carbonyl (C=O) groups is 2. The summed E-state index contributed by atoms with van der Waals surface area (Å²) in [5.74, 6) is 0. The lowest BCUT2D eigenvalue weighted by atomic mass is 10.2. The summed E-state index contributed by atoms with van der Waals surface area (Å²) < 4.78 is 9.37. The van der Waals surface area contributed by atoms with Gasteiger partial charge < -0.3 is 15.2 Å². The van der Waals surface area contributed by atoms with Crippen LogP contribution in [0.3, 0.4) is 0 Å². The number of amides is 1. The van der Waals surface area contributed by atoms with Crippen molar-refractivity contribution in [3.63, 3.8) is 0 Å². The maximum atomic E-state index is 11.1. The van der Waals surface area contributed by atoms with Gasteiger partial charge in [-0.1, -0.05) is 0 Å². The van der Waals surface area contributed by atoms with Crippen LogP contribution in [0.4, 0.5) is 4.79 Å². The Morgan fingerprint density at radius 2 is 2.14 bits per heavy atom. The second kappa shape index (κ2) is 5.43. The highest BCUT2D eigenvalue weighted by Gasteiger charge is 2.18. The van der Waals surface area contributed by atoms with Crippen molar-refractivity contribution >= 4 is 12.6 Å². The van der Waals surface area contributed by atoms with Crippen LogP contribution in [0.2, 0.25) is 0 Å². The van der Waals surface area contributed by atoms with Crippen LogP contribution in [0.25, 0.3) is 0 Å². The Hall–Kier alpha value is -1.30. The monoisotopic (exact) mass is 204 g/mol. The Kier molecular flexibility index (Phi) is 4.93. The molecule has 3 N–H and O–H groups in total. The number of nitrogens with two attached hydrogens (primary N) is 1. The lowest BCUT2D eigenvalue weighted by Gasteiger charge is -2.22. The van der Waals surface area contributed by atoms with Crippen LogP contribution in [0, 0.1) is 0 Å². The molecule has 0 saturated carbocycles. The fraction of sp³-hybridized carbons (Fsp3) is 0.750. The van der Waals surface area contributed by atoms with E-state index < -0.39 is 17.9 Å². The van der Waals surface area contributed by atoms with Crippen LogP contribution in [0.15, 0.2) is 0 Å². The highest BCUT2D eigenvalue weighted by molar-refractivity contribution is 5.68. The SMILES string of the molecule is CC(C)(C)OC(=O)NC(CN)OC=O. The summed E-state index contributed by atoms with van der Waals surface area (Å²) in [7, 11) is 0. The zero-order chi connectivity index (χ0) is 11.2. The van der Waals surface area contributed by atoms with Crippen LogP contribution < -0.4 is 11.1 Å². The van der Waals surface area contributed by atoms with Gasteiger partial charge in [0.05, 0.1) is 0 Å². The average Bonchev–Trinajstić information content (AvgIpc) is 2.00. The van der Waals surface area contributed by atoms with Crippen molar-refractivity contribution in [1.29, 1.82) is 0 Å². The Bertz CT molecular complexity index is 200. The van der Waals surface area contributed by atoms with Crippen LogP contribution in [0.5, 0.6) is 0 Å². The number of hydrogen-bond donors (Lipinski definition) is 2. The third-order valence-corrected chi connectivity index (χ3v) is 1.11. The predicted octanol–water partition coefficient (Wildman–Crippen LogP) is -0.0311. The maximum Gasteiger partial charge on any atom is 0.410 e. The minimum Gasteiger partial charge on any atom is -0.444 e. The minimum absolute atomic E-state index is 0.00200. The standard InChI is InChI=1S/C8H16N2O4/c1-8(2,3)14-7(12)10-6(4-9)13-5-11/h5-6H,4,9H2,1-3H3,(H,10,12). The van der Waals surface area contributed by atoms with Gasteiger partial charge in [0.1, 0.15) is 5.60 Å². The van der Waals surface area contributed by atoms with Crippen LogP contribution in [-0.4, -0.2) is 30.9 Å². The van der Waals surface area contributed by atoms with Crippen molar-refractivity contribution in [1.82, 2.24) is 5.32 Å². The van der Waals surface area contributed by atoms with E-state index in [1.165, 1.54) is 0 Å². The summed E-state index contributed by atoms with van der Waals surface area (Å²) in [4.78, 5) is 21.1. The first-order valence-corrected chi connectivity index (χ1v) is 4.17. The first-order chi connectivity index (χ1) is 6.39. The van der Waals surface area contributed by atoms with Crippen molar-refractivity contribution in [2.24, 2.45) is 5.73 Å². The second-order valence-corrected chi connectivity index (χ2v) is 3.60. The summed E-state index contributed by atoms with van der Waals surface area (Å²) in [6.45, 7) is 5.40. The number of hydrogen-bond acceptors (Lipinski definition) is 5. The van der Waals surface area contributed by atoms with E-state index in [9.17, 15) is 9.59 Å². The zero-order valence-corrected chi connectivity index (χ0v) is 8.57. The van der Waals surface area contributed by atoms with Gasteiger partial charge in [0.2, 0.25) is 0 Å². The topological polar surface area (TPSA) is 90.7 Å². The molecule has 0 bridgehead atoms. The van der Waals surface area contributed by atoms with Gasteiger partial charge in [-0.2, -0.15) is 0 Å². The number of nitrogens with one attached hydrogen (secondary N) is 1. The van der Waals surface area contributed by atoms with E-state index in [-0.39, 0.29) is 13.0 Å². The molecule has 1 amide bonds. The van der Waals surface area contributed by atoms with Crippen molar-refractivity contribution in [2.45, 2.75) is 32.6 Å². The minimum atomic E-state index is -0.845. The smallest absolute Gasteiger partial charge is 0.410 e. The molecule has 0 aromatic rings. The van der Waals surface area contributed by atoms with E-state index in [4.69, 9.17) is 10.5 Å². The van der Waals surface area contributed by atoms with E-state index in [0.717, 1.165) is 0 Å². The molecule has 14 heavy (non-hydrogen) atoms. The van der Waals surface area contributed by atoms with Gasteiger partial charge in [-0.05, 0) is 20.8 Å². The molecule has 0 aliphatic heterocycles. The van der Waals surface area contributed by atoms with E-state index in [0.29, 0.717) is 0 Å². The first-order valence-electron chi connectivity index (χ1n) is 4.17. The van der Waals surface area contributed by atoms with Gasteiger partial charge in [-0.15, -0.1) is 0 Å². The highest BCUT2D eigenvalue weighted by Crippen LogP contribution is 2.06.